The van der Waals surface area contributed by atoms with Crippen LogP contribution in [0.1, 0.15) is 24.3 Å². The van der Waals surface area contributed by atoms with Crippen molar-refractivity contribution in [1.82, 2.24) is 4.90 Å². The van der Waals surface area contributed by atoms with Gasteiger partial charge in [0.05, 0.1) is 11.3 Å². The third kappa shape index (κ3) is 2.29. The van der Waals surface area contributed by atoms with Gasteiger partial charge in [0, 0.05) is 23.6 Å². The Morgan fingerprint density at radius 2 is 1.76 bits per heavy atom. The number of carbonyl (C=O) groups is 2. The van der Waals surface area contributed by atoms with Crippen LogP contribution in [0.15, 0.2) is 52.9 Å². The van der Waals surface area contributed by atoms with Gasteiger partial charge in [-0.05, 0) is 12.0 Å². The molecule has 25 heavy (non-hydrogen) atoms. The molecular weight excluding hydrogens is 359 g/mol. The van der Waals surface area contributed by atoms with Gasteiger partial charge in [0.1, 0.15) is 0 Å². The van der Waals surface area contributed by atoms with Crippen LogP contribution in [-0.4, -0.2) is 28.5 Å². The molecule has 0 spiro atoms. The van der Waals surface area contributed by atoms with E-state index in [1.165, 1.54) is 0 Å². The number of ketones is 1. The number of rotatable bonds is 1. The molecule has 2 unspecified atom stereocenters. The molecule has 130 valence electrons. The molecule has 0 saturated carbocycles. The highest BCUT2D eigenvalue weighted by Gasteiger charge is 2.56. The van der Waals surface area contributed by atoms with E-state index in [1.54, 1.807) is 30.3 Å². The van der Waals surface area contributed by atoms with Crippen LogP contribution in [0.5, 0.6) is 0 Å². The van der Waals surface area contributed by atoms with Crippen LogP contribution in [0.25, 0.3) is 0 Å². The summed E-state index contributed by atoms with van der Waals surface area (Å²) in [6.07, 6.45) is -4.89. The fourth-order valence-corrected chi connectivity index (χ4v) is 4.00. The zero-order valence-corrected chi connectivity index (χ0v) is 13.4. The highest BCUT2D eigenvalue weighted by Crippen LogP contribution is 2.53. The molecule has 1 aliphatic carbocycles. The molecule has 2 atom stereocenters. The Morgan fingerprint density at radius 1 is 1.08 bits per heavy atom. The van der Waals surface area contributed by atoms with Gasteiger partial charge in [-0.3, -0.25) is 9.69 Å². The molecule has 0 amide bonds. The summed E-state index contributed by atoms with van der Waals surface area (Å²) in [5.41, 5.74) is -1.76. The number of nitrogens with zero attached hydrogens (tertiary/aromatic N) is 1. The van der Waals surface area contributed by atoms with Gasteiger partial charge in [0.15, 0.2) is 5.78 Å². The third-order valence-corrected chi connectivity index (χ3v) is 4.89. The van der Waals surface area contributed by atoms with E-state index in [1.807, 2.05) is 0 Å². The molecule has 2 aliphatic heterocycles. The summed E-state index contributed by atoms with van der Waals surface area (Å²) in [7, 11) is 0. The number of allylic oxidation sites excluding steroid dienone is 2. The highest BCUT2D eigenvalue weighted by atomic mass is 35.5. The van der Waals surface area contributed by atoms with Crippen molar-refractivity contribution in [3.63, 3.8) is 0 Å². The average molecular weight is 370 g/mol. The van der Waals surface area contributed by atoms with Gasteiger partial charge in [0.25, 0.3) is 0 Å². The Kier molecular flexibility index (Phi) is 3.47. The first kappa shape index (κ1) is 16.2. The Bertz CT molecular complexity index is 844. The lowest BCUT2D eigenvalue weighted by molar-refractivity contribution is -0.223. The van der Waals surface area contributed by atoms with E-state index in [9.17, 15) is 22.8 Å². The maximum absolute atomic E-state index is 13.7. The van der Waals surface area contributed by atoms with E-state index < -0.39 is 35.2 Å². The van der Waals surface area contributed by atoms with Crippen LogP contribution >= 0.6 is 11.6 Å². The number of Topliss-reactive ketones (excluding diaryl/α,β-unsaturated/α-hetero) is 1. The van der Waals surface area contributed by atoms with Crippen molar-refractivity contribution in [2.75, 3.05) is 0 Å². The van der Waals surface area contributed by atoms with Gasteiger partial charge in [-0.2, -0.15) is 0 Å². The minimum atomic E-state index is -4.81. The molecule has 0 bridgehead atoms. The predicted octanol–water partition coefficient (Wildman–Crippen LogP) is 3.60. The number of ether oxygens (including phenoxy) is 1. The second kappa shape index (κ2) is 5.36. The summed E-state index contributed by atoms with van der Waals surface area (Å²) in [6.45, 7) is 0. The molecule has 0 saturated heterocycles. The van der Waals surface area contributed by atoms with Crippen molar-refractivity contribution in [1.29, 1.82) is 0 Å². The Balaban J connectivity index is 2.01. The smallest absolute Gasteiger partial charge is 0.436 e. The minimum Gasteiger partial charge on any atom is -0.436 e. The fourth-order valence-electron chi connectivity index (χ4n) is 3.71. The zero-order valence-electron chi connectivity index (χ0n) is 12.6. The van der Waals surface area contributed by atoms with Crippen LogP contribution in [0.3, 0.4) is 0 Å². The van der Waals surface area contributed by atoms with E-state index in [0.29, 0.717) is 5.56 Å². The van der Waals surface area contributed by atoms with Crippen LogP contribution in [0.4, 0.5) is 13.2 Å². The maximum atomic E-state index is 13.7. The molecule has 3 aliphatic rings. The second-order valence-corrected chi connectivity index (χ2v) is 6.35. The molecule has 0 aromatic heterocycles. The number of hydrogen-bond acceptors (Lipinski definition) is 4. The van der Waals surface area contributed by atoms with Crippen molar-refractivity contribution >= 4 is 23.4 Å². The quantitative estimate of drug-likeness (QED) is 0.431. The number of esters is 1. The Morgan fingerprint density at radius 3 is 2.40 bits per heavy atom. The van der Waals surface area contributed by atoms with Crippen LogP contribution in [0.2, 0.25) is 0 Å². The van der Waals surface area contributed by atoms with E-state index in [4.69, 9.17) is 16.3 Å². The number of halogens is 4. The molecule has 8 heteroatoms. The van der Waals surface area contributed by atoms with Gasteiger partial charge < -0.3 is 4.74 Å². The van der Waals surface area contributed by atoms with Crippen molar-refractivity contribution in [2.24, 2.45) is 0 Å². The molecule has 4 rings (SSSR count). The van der Waals surface area contributed by atoms with Crippen molar-refractivity contribution in [3.05, 3.63) is 58.4 Å². The van der Waals surface area contributed by atoms with E-state index in [-0.39, 0.29) is 34.6 Å². The lowest BCUT2D eigenvalue weighted by Crippen LogP contribution is -2.42. The van der Waals surface area contributed by atoms with Crippen molar-refractivity contribution in [2.45, 2.75) is 30.6 Å². The summed E-state index contributed by atoms with van der Waals surface area (Å²) in [5, 5.41) is 0. The highest BCUT2D eigenvalue weighted by molar-refractivity contribution is 6.24. The lowest BCUT2D eigenvalue weighted by atomic mass is 9.80. The third-order valence-electron chi connectivity index (χ3n) is 4.60. The number of cyclic esters (lactones) is 1. The molecule has 1 aromatic rings. The lowest BCUT2D eigenvalue weighted by Gasteiger charge is -2.36. The van der Waals surface area contributed by atoms with Crippen LogP contribution in [0, 0.1) is 0 Å². The molecule has 0 fully saturated rings. The van der Waals surface area contributed by atoms with Gasteiger partial charge in [-0.25, -0.2) is 4.79 Å². The second-order valence-electron chi connectivity index (χ2n) is 5.95. The summed E-state index contributed by atoms with van der Waals surface area (Å²) in [4.78, 5) is 24.7. The number of carbonyl (C=O) groups excluding carboxylic acids is 2. The molecule has 0 N–H and O–H groups in total. The Hall–Kier alpha value is -2.28. The summed E-state index contributed by atoms with van der Waals surface area (Å²) in [6, 6.07) is 8.48. The van der Waals surface area contributed by atoms with E-state index in [0.717, 1.165) is 0 Å². The Labute approximate surface area is 145 Å². The van der Waals surface area contributed by atoms with E-state index in [2.05, 4.69) is 0 Å². The first-order chi connectivity index (χ1) is 11.8. The molecule has 1 aromatic carbocycles. The number of benzene rings is 1. The topological polar surface area (TPSA) is 46.6 Å². The average Bonchev–Trinajstić information content (AvgIpc) is 3.06. The first-order valence-electron chi connectivity index (χ1n) is 7.58. The SMILES string of the molecule is O=C1CCC2=C1C(c1ccccc1)C1=C(C(Cl)OC1=O)N2C(F)(F)F. The van der Waals surface area contributed by atoms with Gasteiger partial charge in [-0.1, -0.05) is 41.9 Å². The van der Waals surface area contributed by atoms with Gasteiger partial charge >= 0.3 is 12.3 Å². The number of hydrogen-bond donors (Lipinski definition) is 0. The summed E-state index contributed by atoms with van der Waals surface area (Å²) >= 11 is 5.91. The number of alkyl halides is 4. The zero-order chi connectivity index (χ0) is 17.9. The van der Waals surface area contributed by atoms with E-state index >= 15 is 0 Å². The molecule has 2 heterocycles. The molecule has 0 radical (unpaired) electrons. The summed E-state index contributed by atoms with van der Waals surface area (Å²) < 4.78 is 45.9. The van der Waals surface area contributed by atoms with Crippen LogP contribution < -0.4 is 0 Å². The van der Waals surface area contributed by atoms with Crippen molar-refractivity contribution in [3.8, 4) is 0 Å². The first-order valence-corrected chi connectivity index (χ1v) is 8.01. The van der Waals surface area contributed by atoms with Crippen LogP contribution in [-0.2, 0) is 14.3 Å². The maximum Gasteiger partial charge on any atom is 0.489 e. The predicted molar refractivity (Wildman–Crippen MR) is 81.1 cm³/mol. The monoisotopic (exact) mass is 369 g/mol. The van der Waals surface area contributed by atoms with Crippen molar-refractivity contribution < 1.29 is 27.5 Å². The minimum absolute atomic E-state index is 0.00462. The summed E-state index contributed by atoms with van der Waals surface area (Å²) in [5.74, 6) is -2.21. The molecule has 4 nitrogen and oxygen atoms in total. The molecular formula is C17H11ClF3NO3. The standard InChI is InChI=1S/C17H11ClF3NO3/c18-15-14-13(16(24)25-15)11(8-4-2-1-3-5-8)12-9(6-7-10(12)23)22(14)17(19,20)21/h1-5,11,15H,6-7H2. The van der Waals surface area contributed by atoms with Gasteiger partial charge in [0.2, 0.25) is 5.56 Å². The van der Waals surface area contributed by atoms with Gasteiger partial charge in [-0.15, -0.1) is 13.2 Å². The largest absolute Gasteiger partial charge is 0.489 e. The fraction of sp³-hybridized carbons (Fsp3) is 0.294. The normalized spacial score (nSPS) is 26.2.